The zero-order valence-corrected chi connectivity index (χ0v) is 38.7. The van der Waals surface area contributed by atoms with Crippen molar-refractivity contribution in [1.82, 2.24) is 25.8 Å². The summed E-state index contributed by atoms with van der Waals surface area (Å²) < 4.78 is 12.8. The molecule has 2 heterocycles. The lowest BCUT2D eigenvalue weighted by atomic mass is 9.85. The normalized spacial score (nSPS) is 28.3. The number of aryl methyl sites for hydroxylation is 2. The van der Waals surface area contributed by atoms with Crippen LogP contribution in [-0.4, -0.2) is 81.3 Å². The van der Waals surface area contributed by atoms with Crippen molar-refractivity contribution in [3.63, 3.8) is 0 Å². The first-order valence-corrected chi connectivity index (χ1v) is 24.1. The number of ether oxygens (including phenoxy) is 2. The SMILES string of the molecule is CCC1CC1(NC(=O)C1CC(Oc2cc(C3=CCC(NC(C)C)=C3)nc3c(C)c(CCCC4CCCCC4)ccc23)CN1C(=O)C(NC(=O)OC1CC2CC2C1)C(C)(C)C)C(=O)O. The maximum Gasteiger partial charge on any atom is 0.408 e. The number of carbonyl (C=O) groups is 4. The number of allylic oxidation sites excluding steroid dienone is 3. The summed E-state index contributed by atoms with van der Waals surface area (Å²) in [6, 6.07) is 4.52. The molecule has 4 N–H and O–H groups in total. The quantitative estimate of drug-likeness (QED) is 0.129. The fourth-order valence-corrected chi connectivity index (χ4v) is 11.2. The molecule has 63 heavy (non-hydrogen) atoms. The van der Waals surface area contributed by atoms with Crippen LogP contribution in [0.3, 0.4) is 0 Å². The zero-order valence-electron chi connectivity index (χ0n) is 38.7. The first kappa shape index (κ1) is 45.0. The lowest BCUT2D eigenvalue weighted by Gasteiger charge is -2.35. The van der Waals surface area contributed by atoms with Crippen LogP contribution in [-0.2, 0) is 25.5 Å². The van der Waals surface area contributed by atoms with Gasteiger partial charge in [0.2, 0.25) is 11.8 Å². The van der Waals surface area contributed by atoms with E-state index in [1.165, 1.54) is 55.4 Å². The number of benzene rings is 1. The molecule has 1 saturated heterocycles. The minimum absolute atomic E-state index is 0.0614. The molecule has 12 nitrogen and oxygen atoms in total. The number of aliphatic carboxylic acids is 1. The highest BCUT2D eigenvalue weighted by molar-refractivity contribution is 5.96. The molecule has 6 aliphatic rings. The van der Waals surface area contributed by atoms with Crippen LogP contribution < -0.4 is 20.7 Å². The van der Waals surface area contributed by atoms with Gasteiger partial charge in [-0.25, -0.2) is 14.6 Å². The number of carboxylic acid groups (broad SMARTS) is 1. The fraction of sp³-hybridized carbons (Fsp3) is 0.667. The van der Waals surface area contributed by atoms with E-state index in [4.69, 9.17) is 14.5 Å². The van der Waals surface area contributed by atoms with Gasteiger partial charge in [-0.1, -0.05) is 84.8 Å². The summed E-state index contributed by atoms with van der Waals surface area (Å²) in [5.74, 6) is 0.435. The predicted octanol–water partition coefficient (Wildman–Crippen LogP) is 8.77. The van der Waals surface area contributed by atoms with E-state index in [0.29, 0.717) is 36.5 Å². The summed E-state index contributed by atoms with van der Waals surface area (Å²) >= 11 is 0. The number of rotatable bonds is 16. The lowest BCUT2D eigenvalue weighted by Crippen LogP contribution is -2.59. The van der Waals surface area contributed by atoms with Gasteiger partial charge in [0.15, 0.2) is 0 Å². The summed E-state index contributed by atoms with van der Waals surface area (Å²) in [5, 5.41) is 20.4. The number of hydrogen-bond donors (Lipinski definition) is 4. The van der Waals surface area contributed by atoms with Gasteiger partial charge in [-0.05, 0) is 117 Å². The maximum absolute atomic E-state index is 14.9. The van der Waals surface area contributed by atoms with Crippen molar-refractivity contribution >= 4 is 40.4 Å². The Bertz CT molecular complexity index is 2140. The maximum atomic E-state index is 14.9. The molecule has 3 amide bonds. The van der Waals surface area contributed by atoms with Gasteiger partial charge in [-0.15, -0.1) is 0 Å². The topological polar surface area (TPSA) is 159 Å². The first-order chi connectivity index (χ1) is 30.0. The fourth-order valence-electron chi connectivity index (χ4n) is 11.2. The van der Waals surface area contributed by atoms with E-state index >= 15 is 0 Å². The third-order valence-electron chi connectivity index (χ3n) is 15.1. The average molecular weight is 866 g/mol. The number of alkyl carbamates (subject to hydrolysis) is 1. The Hall–Kier alpha value is -4.61. The molecule has 5 fully saturated rings. The van der Waals surface area contributed by atoms with Gasteiger partial charge in [0.25, 0.3) is 0 Å². The Balaban J connectivity index is 1.09. The molecular formula is C51H71N5O7. The van der Waals surface area contributed by atoms with E-state index in [9.17, 15) is 24.3 Å². The Morgan fingerprint density at radius 1 is 1.02 bits per heavy atom. The number of carbonyl (C=O) groups excluding carboxylic acids is 3. The standard InChI is InChI=1S/C51H71N5O7/c1-8-36-27-51(36,48(59)60)55-46(57)42-25-39(28-56(42)47(58)45(50(5,6)7)54-49(61)63-38-23-34-21-35(34)24-38)62-43-26-41(33-17-19-37(22-33)52-29(2)3)53-44-30(4)32(18-20-40(43)44)16-12-15-31-13-10-9-11-14-31/h17-18,20,22,26,29,31,34-36,38-39,42,45,52H,8-16,19,21,23-25,27-28H2,1-7H3,(H,54,61)(H,55,57)(H,59,60). The minimum atomic E-state index is -1.37. The molecule has 0 spiro atoms. The summed E-state index contributed by atoms with van der Waals surface area (Å²) in [4.78, 5) is 62.0. The summed E-state index contributed by atoms with van der Waals surface area (Å²) in [6.45, 7) is 14.0. The van der Waals surface area contributed by atoms with Crippen LogP contribution in [0.15, 0.2) is 36.0 Å². The van der Waals surface area contributed by atoms with E-state index in [-0.39, 0.29) is 25.0 Å². The smallest absolute Gasteiger partial charge is 0.408 e. The van der Waals surface area contributed by atoms with Crippen LogP contribution in [0.25, 0.3) is 16.5 Å². The van der Waals surface area contributed by atoms with Crippen LogP contribution in [0.1, 0.15) is 148 Å². The molecule has 1 aliphatic heterocycles. The van der Waals surface area contributed by atoms with E-state index in [2.05, 4.69) is 61.0 Å². The third kappa shape index (κ3) is 9.90. The van der Waals surface area contributed by atoms with Gasteiger partial charge in [-0.3, -0.25) is 9.59 Å². The van der Waals surface area contributed by atoms with Gasteiger partial charge in [0.05, 0.1) is 17.8 Å². The number of fused-ring (bicyclic) bond motifs is 2. The lowest BCUT2D eigenvalue weighted by molar-refractivity contribution is -0.146. The number of amides is 3. The number of nitrogens with zero attached hydrogens (tertiary/aromatic N) is 2. The van der Waals surface area contributed by atoms with Crippen molar-refractivity contribution in [1.29, 1.82) is 0 Å². The number of hydrogen-bond acceptors (Lipinski definition) is 8. The second-order valence-electron chi connectivity index (χ2n) is 21.2. The number of pyridine rings is 1. The molecule has 342 valence electrons. The number of aromatic nitrogens is 1. The zero-order chi connectivity index (χ0) is 44.8. The Morgan fingerprint density at radius 2 is 1.76 bits per heavy atom. The van der Waals surface area contributed by atoms with Crippen LogP contribution in [0.5, 0.6) is 5.75 Å². The molecule has 4 saturated carbocycles. The van der Waals surface area contributed by atoms with E-state index in [0.717, 1.165) is 71.5 Å². The van der Waals surface area contributed by atoms with Crippen LogP contribution in [0.2, 0.25) is 0 Å². The summed E-state index contributed by atoms with van der Waals surface area (Å²) in [5.41, 5.74) is 4.08. The Labute approximate surface area is 373 Å². The number of carboxylic acids is 1. The Morgan fingerprint density at radius 3 is 2.43 bits per heavy atom. The number of nitrogens with one attached hydrogen (secondary N) is 3. The van der Waals surface area contributed by atoms with E-state index in [1.54, 1.807) is 0 Å². The van der Waals surface area contributed by atoms with Gasteiger partial charge in [0.1, 0.15) is 35.6 Å². The molecular weight excluding hydrogens is 795 g/mol. The highest BCUT2D eigenvalue weighted by Crippen LogP contribution is 2.52. The van der Waals surface area contributed by atoms with Crippen molar-refractivity contribution in [2.24, 2.45) is 29.1 Å². The van der Waals surface area contributed by atoms with Crippen LogP contribution in [0, 0.1) is 36.0 Å². The predicted molar refractivity (Wildman–Crippen MR) is 244 cm³/mol. The molecule has 2 aromatic rings. The molecule has 0 radical (unpaired) electrons. The summed E-state index contributed by atoms with van der Waals surface area (Å²) in [6.07, 6.45) is 17.7. The van der Waals surface area contributed by atoms with Crippen LogP contribution in [0.4, 0.5) is 4.79 Å². The van der Waals surface area contributed by atoms with Gasteiger partial charge in [0, 0.05) is 36.0 Å². The molecule has 8 rings (SSSR count). The molecule has 0 bridgehead atoms. The Kier molecular flexibility index (Phi) is 12.9. The molecule has 5 aliphatic carbocycles. The second kappa shape index (κ2) is 18.1. The number of likely N-dealkylation sites (tertiary alicyclic amines) is 1. The molecule has 1 aromatic carbocycles. The molecule has 12 heteroatoms. The van der Waals surface area contributed by atoms with E-state index in [1.807, 2.05) is 33.8 Å². The van der Waals surface area contributed by atoms with Gasteiger partial charge < -0.3 is 35.4 Å². The van der Waals surface area contributed by atoms with E-state index < -0.39 is 53.0 Å². The monoisotopic (exact) mass is 866 g/mol. The van der Waals surface area contributed by atoms with Crippen LogP contribution >= 0.6 is 0 Å². The largest absolute Gasteiger partial charge is 0.488 e. The highest BCUT2D eigenvalue weighted by Gasteiger charge is 2.61. The van der Waals surface area contributed by atoms with Crippen molar-refractivity contribution in [3.8, 4) is 5.75 Å². The van der Waals surface area contributed by atoms with Crippen molar-refractivity contribution in [3.05, 3.63) is 52.9 Å². The van der Waals surface area contributed by atoms with Crippen molar-refractivity contribution in [2.45, 2.75) is 181 Å². The summed E-state index contributed by atoms with van der Waals surface area (Å²) in [7, 11) is 0. The van der Waals surface area contributed by atoms with Gasteiger partial charge in [-0.2, -0.15) is 0 Å². The van der Waals surface area contributed by atoms with Crippen molar-refractivity contribution in [2.75, 3.05) is 6.54 Å². The molecule has 7 atom stereocenters. The third-order valence-corrected chi connectivity index (χ3v) is 15.1. The minimum Gasteiger partial charge on any atom is -0.488 e. The van der Waals surface area contributed by atoms with Gasteiger partial charge >= 0.3 is 12.1 Å². The van der Waals surface area contributed by atoms with Crippen molar-refractivity contribution < 1.29 is 33.8 Å². The second-order valence-corrected chi connectivity index (χ2v) is 21.2. The molecule has 1 aromatic heterocycles. The molecule has 7 unspecified atom stereocenters. The first-order valence-electron chi connectivity index (χ1n) is 24.1. The average Bonchev–Trinajstić information content (AvgIpc) is 3.91. The highest BCUT2D eigenvalue weighted by atomic mass is 16.6.